The molecule has 1 saturated carbocycles. The average Bonchev–Trinajstić information content (AvgIpc) is 3.28. The smallest absolute Gasteiger partial charge is 0.495 e. The van der Waals surface area contributed by atoms with E-state index >= 15 is 0 Å². The number of carbonyl (C=O) groups is 2. The van der Waals surface area contributed by atoms with E-state index < -0.39 is 24.3 Å². The Kier molecular flexibility index (Phi) is 6.56. The third-order valence-electron chi connectivity index (χ3n) is 7.21. The lowest BCUT2D eigenvalue weighted by Gasteiger charge is -2.36. The summed E-state index contributed by atoms with van der Waals surface area (Å²) in [5.41, 5.74) is 7.82. The van der Waals surface area contributed by atoms with Crippen molar-refractivity contribution in [3.63, 3.8) is 0 Å². The van der Waals surface area contributed by atoms with Crippen molar-refractivity contribution >= 4 is 17.5 Å². The molecule has 5 rings (SSSR count). The van der Waals surface area contributed by atoms with Crippen LogP contribution in [0.3, 0.4) is 0 Å². The SMILES string of the molecule is COc1ccc(C(N)=O)c(-c2cnn3c2C(=O)N(c2ccc(C4CC(OC(F)(F)F)C4)cc2)C(C)C3)c1C#N. The van der Waals surface area contributed by atoms with Gasteiger partial charge >= 0.3 is 6.36 Å². The highest BCUT2D eigenvalue weighted by Crippen LogP contribution is 2.42. The molecule has 9 nitrogen and oxygen atoms in total. The van der Waals surface area contributed by atoms with E-state index in [1.54, 1.807) is 29.2 Å². The molecule has 1 aromatic heterocycles. The third kappa shape index (κ3) is 4.70. The number of hydrogen-bond donors (Lipinski definition) is 1. The van der Waals surface area contributed by atoms with Gasteiger partial charge in [0.2, 0.25) is 5.91 Å². The van der Waals surface area contributed by atoms with Gasteiger partial charge in [-0.05, 0) is 55.5 Å². The fraction of sp³-hybridized carbons (Fsp3) is 0.333. The molecule has 1 aliphatic carbocycles. The first-order valence-corrected chi connectivity index (χ1v) is 12.2. The van der Waals surface area contributed by atoms with Crippen LogP contribution in [0.4, 0.5) is 18.9 Å². The summed E-state index contributed by atoms with van der Waals surface area (Å²) in [6, 6.07) is 11.8. The Bertz CT molecular complexity index is 1490. The number of carbonyl (C=O) groups excluding carboxylic acids is 2. The Labute approximate surface area is 221 Å². The number of nitriles is 1. The van der Waals surface area contributed by atoms with Crippen molar-refractivity contribution in [2.75, 3.05) is 12.0 Å². The van der Waals surface area contributed by atoms with Gasteiger partial charge in [-0.1, -0.05) is 12.1 Å². The van der Waals surface area contributed by atoms with Gasteiger partial charge < -0.3 is 15.4 Å². The largest absolute Gasteiger partial charge is 0.522 e. The van der Waals surface area contributed by atoms with Crippen molar-refractivity contribution in [2.45, 2.75) is 50.7 Å². The summed E-state index contributed by atoms with van der Waals surface area (Å²) in [6.07, 6.45) is -3.52. The molecule has 0 saturated heterocycles. The van der Waals surface area contributed by atoms with E-state index in [1.165, 1.54) is 30.1 Å². The van der Waals surface area contributed by atoms with Crippen LogP contribution in [0.25, 0.3) is 11.1 Å². The molecule has 1 aliphatic heterocycles. The molecule has 2 N–H and O–H groups in total. The molecule has 1 fully saturated rings. The highest BCUT2D eigenvalue weighted by atomic mass is 19.4. The maximum atomic E-state index is 13.9. The number of benzene rings is 2. The second-order valence-corrected chi connectivity index (χ2v) is 9.60. The van der Waals surface area contributed by atoms with E-state index in [1.807, 2.05) is 13.0 Å². The maximum Gasteiger partial charge on any atom is 0.522 e. The number of halogens is 3. The second kappa shape index (κ2) is 9.74. The number of aromatic nitrogens is 2. The van der Waals surface area contributed by atoms with Gasteiger partial charge in [-0.25, -0.2) is 0 Å². The molecule has 0 bridgehead atoms. The van der Waals surface area contributed by atoms with Gasteiger partial charge in [-0.3, -0.25) is 19.0 Å². The number of alkyl halides is 3. The van der Waals surface area contributed by atoms with Crippen LogP contribution in [0.15, 0.2) is 42.6 Å². The topological polar surface area (TPSA) is 123 Å². The third-order valence-corrected chi connectivity index (χ3v) is 7.21. The minimum absolute atomic E-state index is 0.0544. The monoisotopic (exact) mass is 539 g/mol. The van der Waals surface area contributed by atoms with Gasteiger partial charge in [0, 0.05) is 22.4 Å². The van der Waals surface area contributed by atoms with Gasteiger partial charge in [0.25, 0.3) is 5.91 Å². The van der Waals surface area contributed by atoms with Crippen LogP contribution >= 0.6 is 0 Å². The van der Waals surface area contributed by atoms with E-state index in [0.717, 1.165) is 5.56 Å². The fourth-order valence-electron chi connectivity index (χ4n) is 5.33. The number of rotatable bonds is 6. The van der Waals surface area contributed by atoms with Gasteiger partial charge in [0.05, 0.1) is 32.0 Å². The highest BCUT2D eigenvalue weighted by Gasteiger charge is 2.41. The molecule has 2 heterocycles. The molecule has 0 radical (unpaired) electrons. The van der Waals surface area contributed by atoms with Crippen molar-refractivity contribution in [1.29, 1.82) is 5.26 Å². The lowest BCUT2D eigenvalue weighted by Crippen LogP contribution is -2.47. The van der Waals surface area contributed by atoms with E-state index in [-0.39, 0.29) is 58.5 Å². The summed E-state index contributed by atoms with van der Waals surface area (Å²) < 4.78 is 48.2. The summed E-state index contributed by atoms with van der Waals surface area (Å²) in [6.45, 7) is 2.21. The number of amides is 2. The number of hydrogen-bond acceptors (Lipinski definition) is 6. The number of nitrogens with two attached hydrogens (primary N) is 1. The molecule has 1 unspecified atom stereocenters. The predicted octanol–water partition coefficient (Wildman–Crippen LogP) is 4.36. The fourth-order valence-corrected chi connectivity index (χ4v) is 5.33. The van der Waals surface area contributed by atoms with E-state index in [9.17, 15) is 28.0 Å². The average molecular weight is 540 g/mol. The van der Waals surface area contributed by atoms with Crippen LogP contribution in [0.5, 0.6) is 5.75 Å². The van der Waals surface area contributed by atoms with Crippen LogP contribution in [-0.4, -0.2) is 47.2 Å². The predicted molar refractivity (Wildman–Crippen MR) is 133 cm³/mol. The molecule has 2 amide bonds. The van der Waals surface area contributed by atoms with E-state index in [2.05, 4.69) is 9.84 Å². The zero-order valence-corrected chi connectivity index (χ0v) is 21.0. The summed E-state index contributed by atoms with van der Waals surface area (Å²) >= 11 is 0. The Morgan fingerprint density at radius 3 is 2.46 bits per heavy atom. The maximum absolute atomic E-state index is 13.9. The van der Waals surface area contributed by atoms with Crippen molar-refractivity contribution in [1.82, 2.24) is 9.78 Å². The summed E-state index contributed by atoms with van der Waals surface area (Å²) in [5.74, 6) is -0.996. The van der Waals surface area contributed by atoms with Crippen LogP contribution in [0.1, 0.15) is 57.7 Å². The standard InChI is InChI=1S/C27H24F3N5O4/c1-14-13-34-24(21(12-33-34)23-19(25(32)36)7-8-22(38-2)20(23)11-31)26(37)35(14)17-5-3-15(4-6-17)16-9-18(10-16)39-27(28,29)30/h3-8,12,14,16,18H,9-10,13H2,1-2H3,(H2,32,36). The summed E-state index contributed by atoms with van der Waals surface area (Å²) in [7, 11) is 1.39. The minimum Gasteiger partial charge on any atom is -0.495 e. The molecule has 1 atom stereocenters. The first-order chi connectivity index (χ1) is 18.5. The number of fused-ring (bicyclic) bond motifs is 1. The lowest BCUT2D eigenvalue weighted by atomic mass is 9.77. The van der Waals surface area contributed by atoms with Gasteiger partial charge in [0.1, 0.15) is 23.1 Å². The Morgan fingerprint density at radius 1 is 1.18 bits per heavy atom. The van der Waals surface area contributed by atoms with Crippen LogP contribution in [0.2, 0.25) is 0 Å². The van der Waals surface area contributed by atoms with E-state index in [0.29, 0.717) is 12.2 Å². The number of ether oxygens (including phenoxy) is 2. The zero-order valence-electron chi connectivity index (χ0n) is 21.0. The van der Waals surface area contributed by atoms with Gasteiger partial charge in [-0.15, -0.1) is 13.2 Å². The molecular formula is C27H24F3N5O4. The van der Waals surface area contributed by atoms with Gasteiger partial charge in [-0.2, -0.15) is 10.4 Å². The van der Waals surface area contributed by atoms with E-state index in [4.69, 9.17) is 10.5 Å². The van der Waals surface area contributed by atoms with Crippen molar-refractivity contribution in [3.8, 4) is 22.9 Å². The van der Waals surface area contributed by atoms with Crippen LogP contribution < -0.4 is 15.4 Å². The number of nitrogens with zero attached hydrogens (tertiary/aromatic N) is 4. The molecule has 3 aromatic rings. The number of methoxy groups -OCH3 is 1. The van der Waals surface area contributed by atoms with Crippen LogP contribution in [0, 0.1) is 11.3 Å². The van der Waals surface area contributed by atoms with Crippen molar-refractivity contribution in [3.05, 3.63) is 65.0 Å². The second-order valence-electron chi connectivity index (χ2n) is 9.60. The lowest BCUT2D eigenvalue weighted by molar-refractivity contribution is -0.351. The number of primary amides is 1. The molecular weight excluding hydrogens is 515 g/mol. The first kappa shape index (κ1) is 26.2. The van der Waals surface area contributed by atoms with Gasteiger partial charge in [0.15, 0.2) is 0 Å². The molecule has 2 aromatic carbocycles. The summed E-state index contributed by atoms with van der Waals surface area (Å²) in [5, 5.41) is 14.2. The summed E-state index contributed by atoms with van der Waals surface area (Å²) in [4.78, 5) is 27.7. The van der Waals surface area contributed by atoms with Crippen LogP contribution in [-0.2, 0) is 11.3 Å². The Balaban J connectivity index is 1.47. The molecule has 0 spiro atoms. The normalized spacial score (nSPS) is 20.7. The van der Waals surface area contributed by atoms with Crippen molar-refractivity contribution < 1.29 is 32.2 Å². The first-order valence-electron chi connectivity index (χ1n) is 12.2. The quantitative estimate of drug-likeness (QED) is 0.497. The molecule has 12 heteroatoms. The molecule has 39 heavy (non-hydrogen) atoms. The molecule has 202 valence electrons. The van der Waals surface area contributed by atoms with Crippen molar-refractivity contribution in [2.24, 2.45) is 5.73 Å². The Hall–Kier alpha value is -4.37. The highest BCUT2D eigenvalue weighted by molar-refractivity contribution is 6.12. The number of anilines is 1. The zero-order chi connectivity index (χ0) is 28.1. The molecule has 2 aliphatic rings. The minimum atomic E-state index is -4.65. The Morgan fingerprint density at radius 2 is 1.87 bits per heavy atom.